The minimum absolute atomic E-state index is 0.709. The molecule has 0 bridgehead atoms. The topological polar surface area (TPSA) is 34.0 Å². The van der Waals surface area contributed by atoms with Crippen molar-refractivity contribution in [3.05, 3.63) is 54.6 Å². The molecule has 1 aromatic heterocycles. The SMILES string of the molecule is CCN(Cn1nnc2ccccc21)c1ccccc1. The molecule has 19 heavy (non-hydrogen) atoms. The molecule has 0 saturated heterocycles. The Hall–Kier alpha value is -2.36. The molecule has 3 rings (SSSR count). The molecule has 0 saturated carbocycles. The molecule has 96 valence electrons. The third-order valence-electron chi connectivity index (χ3n) is 3.23. The van der Waals surface area contributed by atoms with Gasteiger partial charge in [-0.1, -0.05) is 35.5 Å². The second kappa shape index (κ2) is 5.10. The normalized spacial score (nSPS) is 10.8. The van der Waals surface area contributed by atoms with Crippen LogP contribution in [0.1, 0.15) is 6.92 Å². The molecule has 4 nitrogen and oxygen atoms in total. The maximum atomic E-state index is 4.23. The number of hydrogen-bond acceptors (Lipinski definition) is 3. The van der Waals surface area contributed by atoms with Gasteiger partial charge < -0.3 is 4.90 Å². The van der Waals surface area contributed by atoms with Gasteiger partial charge in [-0.2, -0.15) is 0 Å². The smallest absolute Gasteiger partial charge is 0.114 e. The van der Waals surface area contributed by atoms with E-state index in [-0.39, 0.29) is 0 Å². The molecule has 1 heterocycles. The number of para-hydroxylation sites is 2. The molecule has 0 N–H and O–H groups in total. The summed E-state index contributed by atoms with van der Waals surface area (Å²) in [6, 6.07) is 18.4. The molecule has 0 aliphatic heterocycles. The van der Waals surface area contributed by atoms with E-state index in [0.717, 1.165) is 17.6 Å². The molecule has 0 spiro atoms. The summed E-state index contributed by atoms with van der Waals surface area (Å²) >= 11 is 0. The maximum Gasteiger partial charge on any atom is 0.114 e. The summed E-state index contributed by atoms with van der Waals surface area (Å²) < 4.78 is 1.94. The first-order valence-electron chi connectivity index (χ1n) is 6.46. The molecule has 0 aliphatic carbocycles. The lowest BCUT2D eigenvalue weighted by Crippen LogP contribution is -2.26. The minimum atomic E-state index is 0.709. The van der Waals surface area contributed by atoms with E-state index in [1.54, 1.807) is 0 Å². The second-order valence-electron chi connectivity index (χ2n) is 4.41. The molecule has 0 amide bonds. The van der Waals surface area contributed by atoms with Gasteiger partial charge in [-0.15, -0.1) is 5.10 Å². The highest BCUT2D eigenvalue weighted by molar-refractivity contribution is 5.73. The van der Waals surface area contributed by atoms with E-state index < -0.39 is 0 Å². The van der Waals surface area contributed by atoms with Gasteiger partial charge in [0.25, 0.3) is 0 Å². The fourth-order valence-corrected chi connectivity index (χ4v) is 2.19. The number of benzene rings is 2. The van der Waals surface area contributed by atoms with Crippen molar-refractivity contribution in [3.8, 4) is 0 Å². The van der Waals surface area contributed by atoms with Gasteiger partial charge in [0.1, 0.15) is 12.2 Å². The number of fused-ring (bicyclic) bond motifs is 1. The zero-order valence-electron chi connectivity index (χ0n) is 10.9. The molecule has 0 unspecified atom stereocenters. The first-order valence-corrected chi connectivity index (χ1v) is 6.46. The second-order valence-corrected chi connectivity index (χ2v) is 4.41. The largest absolute Gasteiger partial charge is 0.352 e. The average Bonchev–Trinajstić information content (AvgIpc) is 2.89. The van der Waals surface area contributed by atoms with Crippen LogP contribution in [0.5, 0.6) is 0 Å². The van der Waals surface area contributed by atoms with Gasteiger partial charge in [-0.25, -0.2) is 4.68 Å². The van der Waals surface area contributed by atoms with Crippen molar-refractivity contribution in [2.24, 2.45) is 0 Å². The zero-order chi connectivity index (χ0) is 13.1. The highest BCUT2D eigenvalue weighted by Crippen LogP contribution is 2.16. The van der Waals surface area contributed by atoms with E-state index in [4.69, 9.17) is 0 Å². The lowest BCUT2D eigenvalue weighted by atomic mass is 10.3. The van der Waals surface area contributed by atoms with Gasteiger partial charge in [0.2, 0.25) is 0 Å². The Balaban J connectivity index is 1.91. The lowest BCUT2D eigenvalue weighted by molar-refractivity contribution is 0.580. The van der Waals surface area contributed by atoms with E-state index in [2.05, 4.69) is 46.4 Å². The van der Waals surface area contributed by atoms with Crippen LogP contribution < -0.4 is 4.90 Å². The van der Waals surface area contributed by atoms with E-state index in [1.165, 1.54) is 5.69 Å². The fourth-order valence-electron chi connectivity index (χ4n) is 2.19. The Labute approximate surface area is 112 Å². The maximum absolute atomic E-state index is 4.23. The van der Waals surface area contributed by atoms with Crippen molar-refractivity contribution in [1.82, 2.24) is 15.0 Å². The molecular weight excluding hydrogens is 236 g/mol. The van der Waals surface area contributed by atoms with Crippen LogP contribution in [0.3, 0.4) is 0 Å². The van der Waals surface area contributed by atoms with Gasteiger partial charge in [0.05, 0.1) is 5.52 Å². The van der Waals surface area contributed by atoms with E-state index in [9.17, 15) is 0 Å². The summed E-state index contributed by atoms with van der Waals surface area (Å²) in [5.41, 5.74) is 3.20. The Bertz CT molecular complexity index is 660. The van der Waals surface area contributed by atoms with Crippen molar-refractivity contribution in [2.75, 3.05) is 11.4 Å². The van der Waals surface area contributed by atoms with Gasteiger partial charge in [0, 0.05) is 12.2 Å². The predicted molar refractivity (Wildman–Crippen MR) is 77.0 cm³/mol. The molecule has 3 aromatic rings. The van der Waals surface area contributed by atoms with Crippen molar-refractivity contribution in [3.63, 3.8) is 0 Å². The minimum Gasteiger partial charge on any atom is -0.352 e. The summed E-state index contributed by atoms with van der Waals surface area (Å²) in [5, 5.41) is 8.42. The van der Waals surface area contributed by atoms with Crippen LogP contribution in [0.2, 0.25) is 0 Å². The standard InChI is InChI=1S/C15H16N4/c1-2-18(13-8-4-3-5-9-13)12-19-15-11-7-6-10-14(15)16-17-19/h3-11H,2,12H2,1H3. The van der Waals surface area contributed by atoms with Crippen molar-refractivity contribution >= 4 is 16.7 Å². The number of anilines is 1. The average molecular weight is 252 g/mol. The first-order chi connectivity index (χ1) is 9.38. The lowest BCUT2D eigenvalue weighted by Gasteiger charge is -2.22. The molecule has 0 atom stereocenters. The third-order valence-corrected chi connectivity index (χ3v) is 3.23. The van der Waals surface area contributed by atoms with Crippen LogP contribution in [0.15, 0.2) is 54.6 Å². The summed E-state index contributed by atoms with van der Waals surface area (Å²) in [6.45, 7) is 3.78. The van der Waals surface area contributed by atoms with Gasteiger partial charge in [0.15, 0.2) is 0 Å². The summed E-state index contributed by atoms with van der Waals surface area (Å²) in [4.78, 5) is 2.26. The van der Waals surface area contributed by atoms with E-state index in [1.807, 2.05) is 35.0 Å². The summed E-state index contributed by atoms with van der Waals surface area (Å²) in [5.74, 6) is 0. The molecule has 0 fully saturated rings. The van der Waals surface area contributed by atoms with E-state index in [0.29, 0.717) is 6.67 Å². The first kappa shape index (κ1) is 11.7. The number of nitrogens with zero attached hydrogens (tertiary/aromatic N) is 4. The fraction of sp³-hybridized carbons (Fsp3) is 0.200. The predicted octanol–water partition coefficient (Wildman–Crippen LogP) is 2.92. The summed E-state index contributed by atoms with van der Waals surface area (Å²) in [7, 11) is 0. The highest BCUT2D eigenvalue weighted by atomic mass is 15.5. The zero-order valence-corrected chi connectivity index (χ0v) is 10.9. The molecule has 0 aliphatic rings. The molecule has 2 aromatic carbocycles. The Morgan fingerprint density at radius 2 is 1.74 bits per heavy atom. The van der Waals surface area contributed by atoms with Crippen LogP contribution >= 0.6 is 0 Å². The van der Waals surface area contributed by atoms with Gasteiger partial charge in [-0.3, -0.25) is 0 Å². The van der Waals surface area contributed by atoms with Crippen LogP contribution in [0.4, 0.5) is 5.69 Å². The van der Waals surface area contributed by atoms with Crippen molar-refractivity contribution in [2.45, 2.75) is 13.6 Å². The van der Waals surface area contributed by atoms with Gasteiger partial charge >= 0.3 is 0 Å². The van der Waals surface area contributed by atoms with Crippen molar-refractivity contribution in [1.29, 1.82) is 0 Å². The van der Waals surface area contributed by atoms with Crippen molar-refractivity contribution < 1.29 is 0 Å². The molecule has 0 radical (unpaired) electrons. The van der Waals surface area contributed by atoms with Gasteiger partial charge in [-0.05, 0) is 31.2 Å². The third kappa shape index (κ3) is 2.29. The number of rotatable bonds is 4. The monoisotopic (exact) mass is 252 g/mol. The van der Waals surface area contributed by atoms with Crippen LogP contribution in [0, 0.1) is 0 Å². The molecule has 4 heteroatoms. The number of aromatic nitrogens is 3. The quantitative estimate of drug-likeness (QED) is 0.716. The van der Waals surface area contributed by atoms with Crippen LogP contribution in [-0.2, 0) is 6.67 Å². The van der Waals surface area contributed by atoms with E-state index >= 15 is 0 Å². The Morgan fingerprint density at radius 3 is 2.53 bits per heavy atom. The highest BCUT2D eigenvalue weighted by Gasteiger charge is 2.08. The molecular formula is C15H16N4. The Morgan fingerprint density at radius 1 is 1.00 bits per heavy atom. The van der Waals surface area contributed by atoms with Crippen LogP contribution in [0.25, 0.3) is 11.0 Å². The summed E-state index contributed by atoms with van der Waals surface area (Å²) in [6.07, 6.45) is 0. The number of hydrogen-bond donors (Lipinski definition) is 0. The Kier molecular flexibility index (Phi) is 3.14. The van der Waals surface area contributed by atoms with Crippen LogP contribution in [-0.4, -0.2) is 21.5 Å².